The lowest BCUT2D eigenvalue weighted by molar-refractivity contribution is -0.0399. The molecule has 9 aromatic rings. The molecule has 0 atom stereocenters. The van der Waals surface area contributed by atoms with Crippen molar-refractivity contribution >= 4 is 38.9 Å². The highest BCUT2D eigenvalue weighted by atomic mass is 15.1. The van der Waals surface area contributed by atoms with Gasteiger partial charge in [0.1, 0.15) is 0 Å². The molecule has 8 aromatic carbocycles. The summed E-state index contributed by atoms with van der Waals surface area (Å²) in [6, 6.07) is 70.3. The molecular weight excluding hydrogens is 785 g/mol. The Morgan fingerprint density at radius 3 is 1.75 bits per heavy atom. The number of anilines is 3. The lowest BCUT2D eigenvalue weighted by atomic mass is 9.43. The van der Waals surface area contributed by atoms with Crippen LogP contribution in [0.5, 0.6) is 0 Å². The number of rotatable bonds is 5. The van der Waals surface area contributed by atoms with Crippen LogP contribution in [0.15, 0.2) is 182 Å². The van der Waals surface area contributed by atoms with E-state index in [1.54, 1.807) is 16.7 Å². The second-order valence-corrected chi connectivity index (χ2v) is 20.8. The zero-order valence-corrected chi connectivity index (χ0v) is 36.9. The van der Waals surface area contributed by atoms with Gasteiger partial charge in [-0.2, -0.15) is 0 Å². The molecule has 1 heterocycles. The van der Waals surface area contributed by atoms with Gasteiger partial charge in [-0.1, -0.05) is 134 Å². The number of hydrogen-bond acceptors (Lipinski definition) is 1. The van der Waals surface area contributed by atoms with E-state index in [1.165, 1.54) is 141 Å². The molecule has 7 aliphatic rings. The van der Waals surface area contributed by atoms with E-state index in [4.69, 9.17) is 0 Å². The fourth-order valence-electron chi connectivity index (χ4n) is 15.7. The summed E-state index contributed by atoms with van der Waals surface area (Å²) in [4.78, 5) is 2.63. The quantitative estimate of drug-likeness (QED) is 0.168. The molecule has 0 unspecified atom stereocenters. The average molecular weight is 837 g/mol. The van der Waals surface area contributed by atoms with Gasteiger partial charge in [0.05, 0.1) is 11.0 Å². The molecule has 0 radical (unpaired) electrons. The van der Waals surface area contributed by atoms with Crippen LogP contribution in [0.2, 0.25) is 0 Å². The summed E-state index contributed by atoms with van der Waals surface area (Å²) in [6.07, 6.45) is 12.0. The van der Waals surface area contributed by atoms with Crippen molar-refractivity contribution in [2.24, 2.45) is 23.7 Å². The van der Waals surface area contributed by atoms with Crippen LogP contribution in [0, 0.1) is 23.7 Å². The average Bonchev–Trinajstić information content (AvgIpc) is 4.11. The minimum atomic E-state index is 0.0894. The monoisotopic (exact) mass is 836 g/mol. The first kappa shape index (κ1) is 36.7. The number of aromatic nitrogens is 1. The van der Waals surface area contributed by atoms with E-state index in [1.807, 2.05) is 0 Å². The maximum Gasteiger partial charge on any atom is 0.0547 e. The second kappa shape index (κ2) is 13.5. The van der Waals surface area contributed by atoms with Gasteiger partial charge in [-0.05, 0) is 185 Å². The molecule has 0 aliphatic heterocycles. The van der Waals surface area contributed by atoms with Crippen LogP contribution in [-0.2, 0) is 10.8 Å². The summed E-state index contributed by atoms with van der Waals surface area (Å²) in [5.41, 5.74) is 22.2. The van der Waals surface area contributed by atoms with E-state index in [-0.39, 0.29) is 10.8 Å². The third-order valence-corrected chi connectivity index (χ3v) is 17.9. The first-order valence-corrected chi connectivity index (χ1v) is 24.6. The van der Waals surface area contributed by atoms with Gasteiger partial charge in [0.2, 0.25) is 0 Å². The van der Waals surface area contributed by atoms with Crippen LogP contribution < -0.4 is 4.90 Å². The van der Waals surface area contributed by atoms with E-state index < -0.39 is 0 Å². The van der Waals surface area contributed by atoms with Crippen LogP contribution in [0.25, 0.3) is 60.9 Å². The van der Waals surface area contributed by atoms with Crippen LogP contribution in [-0.4, -0.2) is 4.57 Å². The number of para-hydroxylation sites is 2. The minimum absolute atomic E-state index is 0.0894. The summed E-state index contributed by atoms with van der Waals surface area (Å²) in [6.45, 7) is 0. The van der Waals surface area contributed by atoms with Gasteiger partial charge in [-0.25, -0.2) is 0 Å². The molecule has 0 N–H and O–H groups in total. The van der Waals surface area contributed by atoms with Crippen LogP contribution >= 0.6 is 0 Å². The topological polar surface area (TPSA) is 8.17 Å². The van der Waals surface area contributed by atoms with E-state index in [0.29, 0.717) is 0 Å². The third kappa shape index (κ3) is 4.95. The van der Waals surface area contributed by atoms with Gasteiger partial charge in [-0.3, -0.25) is 0 Å². The Morgan fingerprint density at radius 2 is 0.985 bits per heavy atom. The summed E-state index contributed by atoms with van der Waals surface area (Å²) < 4.78 is 2.44. The Bertz CT molecular complexity index is 3390. The fraction of sp³-hybridized carbons (Fsp3) is 0.238. The highest BCUT2D eigenvalue weighted by molar-refractivity contribution is 6.10. The maximum atomic E-state index is 2.68. The van der Waals surface area contributed by atoms with Crippen LogP contribution in [0.4, 0.5) is 17.1 Å². The first-order chi connectivity index (χ1) is 32.2. The second-order valence-electron chi connectivity index (χ2n) is 20.8. The van der Waals surface area contributed by atoms with Crippen LogP contribution in [0.3, 0.4) is 0 Å². The van der Waals surface area contributed by atoms with Gasteiger partial charge >= 0.3 is 0 Å². The molecule has 2 heteroatoms. The van der Waals surface area contributed by atoms with E-state index in [2.05, 4.69) is 191 Å². The molecule has 7 aliphatic carbocycles. The first-order valence-electron chi connectivity index (χ1n) is 24.6. The molecule has 2 spiro atoms. The standard InChI is InChI=1S/C63H52N2/c1-2-14-46(15-3-1)65-60-22-9-6-19-54(60)55-26-23-43(37-61(55)65)42-13-12-16-47(36-42)64(48-24-27-52-50-17-4-7-20-56(50)62(58(52)38-48)29-10-11-30-62)49-25-28-53-51-18-5-8-21-57(51)63(59(53)39-49)44-32-40-31-41(34-44)35-45(63)33-40/h1-9,12-28,36-41,44-45H,10-11,29-35H2. The van der Waals surface area contributed by atoms with E-state index >= 15 is 0 Å². The smallest absolute Gasteiger partial charge is 0.0547 e. The predicted octanol–water partition coefficient (Wildman–Crippen LogP) is 16.5. The Hall–Kier alpha value is -6.64. The Kier molecular flexibility index (Phi) is 7.59. The Balaban J connectivity index is 0.933. The molecule has 314 valence electrons. The van der Waals surface area contributed by atoms with Crippen molar-refractivity contribution in [2.75, 3.05) is 4.90 Å². The van der Waals surface area contributed by atoms with Crippen molar-refractivity contribution in [1.82, 2.24) is 4.57 Å². The van der Waals surface area contributed by atoms with E-state index in [0.717, 1.165) is 23.7 Å². The summed E-state index contributed by atoms with van der Waals surface area (Å²) in [5, 5.41) is 2.57. The highest BCUT2D eigenvalue weighted by Crippen LogP contribution is 2.70. The van der Waals surface area contributed by atoms with E-state index in [9.17, 15) is 0 Å². The highest BCUT2D eigenvalue weighted by Gasteiger charge is 2.61. The number of nitrogens with zero attached hydrogens (tertiary/aromatic N) is 2. The van der Waals surface area contributed by atoms with Crippen LogP contribution in [0.1, 0.15) is 80.0 Å². The number of fused-ring (bicyclic) bond motifs is 11. The fourth-order valence-corrected chi connectivity index (χ4v) is 15.7. The number of hydrogen-bond donors (Lipinski definition) is 0. The molecule has 0 saturated heterocycles. The lowest BCUT2D eigenvalue weighted by Gasteiger charge is -2.61. The Labute approximate surface area is 382 Å². The Morgan fingerprint density at radius 1 is 0.400 bits per heavy atom. The molecule has 1 aromatic heterocycles. The van der Waals surface area contributed by atoms with Gasteiger partial charge in [0.15, 0.2) is 0 Å². The van der Waals surface area contributed by atoms with Crippen molar-refractivity contribution in [2.45, 2.75) is 68.6 Å². The molecule has 65 heavy (non-hydrogen) atoms. The summed E-state index contributed by atoms with van der Waals surface area (Å²) in [5.74, 6) is 3.26. The van der Waals surface area contributed by atoms with Crippen molar-refractivity contribution in [3.05, 3.63) is 204 Å². The summed E-state index contributed by atoms with van der Waals surface area (Å²) >= 11 is 0. The largest absolute Gasteiger partial charge is 0.310 e. The minimum Gasteiger partial charge on any atom is -0.310 e. The molecule has 5 saturated carbocycles. The molecule has 4 bridgehead atoms. The third-order valence-electron chi connectivity index (χ3n) is 17.9. The normalized spacial score (nSPS) is 23.6. The zero-order valence-electron chi connectivity index (χ0n) is 36.9. The molecule has 0 amide bonds. The lowest BCUT2D eigenvalue weighted by Crippen LogP contribution is -2.55. The SMILES string of the molecule is c1ccc(-n2c3ccccc3c3ccc(-c4cccc(N(c5ccc6c(c5)C5(CCCC5)c5ccccc5-6)c5ccc6c(c5)C5(c7ccccc7-6)C6CC7CC(C6)CC5C7)c4)cc32)cc1. The maximum absolute atomic E-state index is 2.68. The molecule has 5 fully saturated rings. The van der Waals surface area contributed by atoms with Crippen molar-refractivity contribution < 1.29 is 0 Å². The number of benzene rings is 8. The van der Waals surface area contributed by atoms with Gasteiger partial charge in [-0.15, -0.1) is 0 Å². The molecular formula is C63H52N2. The van der Waals surface area contributed by atoms with Crippen molar-refractivity contribution in [3.63, 3.8) is 0 Å². The summed E-state index contributed by atoms with van der Waals surface area (Å²) in [7, 11) is 0. The van der Waals surface area contributed by atoms with Crippen molar-refractivity contribution in [3.8, 4) is 39.1 Å². The van der Waals surface area contributed by atoms with Gasteiger partial charge in [0.25, 0.3) is 0 Å². The van der Waals surface area contributed by atoms with Gasteiger partial charge in [0, 0.05) is 44.4 Å². The molecule has 16 rings (SSSR count). The van der Waals surface area contributed by atoms with Gasteiger partial charge < -0.3 is 9.47 Å². The van der Waals surface area contributed by atoms with Crippen molar-refractivity contribution in [1.29, 1.82) is 0 Å². The predicted molar refractivity (Wildman–Crippen MR) is 269 cm³/mol. The zero-order chi connectivity index (χ0) is 42.4. The molecule has 2 nitrogen and oxygen atoms in total.